The van der Waals surface area contributed by atoms with Gasteiger partial charge in [-0.15, -0.1) is 11.3 Å². The van der Waals surface area contributed by atoms with E-state index in [1.807, 2.05) is 0 Å². The largest absolute Gasteiger partial charge is 0.503 e. The van der Waals surface area contributed by atoms with E-state index in [9.17, 15) is 19.5 Å². The van der Waals surface area contributed by atoms with Crippen LogP contribution in [0.5, 0.6) is 11.5 Å². The molecule has 3 aromatic rings. The van der Waals surface area contributed by atoms with Crippen LogP contribution in [0.15, 0.2) is 59.7 Å². The average molecular weight is 527 g/mol. The highest BCUT2D eigenvalue weighted by Crippen LogP contribution is 2.48. The van der Waals surface area contributed by atoms with E-state index in [1.54, 1.807) is 42.6 Å². The number of nitrogens with zero attached hydrogens (tertiary/aromatic N) is 2. The highest BCUT2D eigenvalue weighted by molar-refractivity contribution is 7.17. The Labute approximate surface area is 214 Å². The number of aryl methyl sites for hydroxylation is 1. The Kier molecular flexibility index (Phi) is 7.22. The number of aromatic nitrogens is 1. The number of ether oxygens (including phenoxy) is 3. The number of carbonyl (C=O) groups is 3. The minimum Gasteiger partial charge on any atom is -0.503 e. The number of anilines is 1. The zero-order valence-electron chi connectivity index (χ0n) is 19.6. The summed E-state index contributed by atoms with van der Waals surface area (Å²) in [5.74, 6) is -2.00. The zero-order valence-corrected chi connectivity index (χ0v) is 21.3. The van der Waals surface area contributed by atoms with Gasteiger partial charge in [-0.3, -0.25) is 14.5 Å². The fraction of sp³-hybridized carbons (Fsp3) is 0.200. The number of ketones is 1. The molecule has 11 heteroatoms. The Balaban J connectivity index is 1.90. The van der Waals surface area contributed by atoms with Gasteiger partial charge in [0.1, 0.15) is 17.5 Å². The molecule has 36 heavy (non-hydrogen) atoms. The molecule has 1 unspecified atom stereocenters. The minimum atomic E-state index is -1.10. The fourth-order valence-electron chi connectivity index (χ4n) is 3.87. The molecule has 2 aromatic heterocycles. The highest BCUT2D eigenvalue weighted by atomic mass is 32.1. The molecule has 186 valence electrons. The number of benzene rings is 1. The van der Waals surface area contributed by atoms with E-state index in [0.29, 0.717) is 21.9 Å². The highest BCUT2D eigenvalue weighted by Gasteiger charge is 2.47. The van der Waals surface area contributed by atoms with E-state index in [2.05, 4.69) is 11.6 Å². The Morgan fingerprint density at radius 3 is 2.64 bits per heavy atom. The molecule has 9 nitrogen and oxygen atoms in total. The monoisotopic (exact) mass is 526 g/mol. The molecule has 0 saturated carbocycles. The summed E-state index contributed by atoms with van der Waals surface area (Å²) in [5, 5.41) is 12.8. The first-order chi connectivity index (χ1) is 17.3. The zero-order chi connectivity index (χ0) is 26.0. The van der Waals surface area contributed by atoms with E-state index < -0.39 is 29.5 Å². The molecule has 0 bridgehead atoms. The van der Waals surface area contributed by atoms with Crippen LogP contribution in [-0.2, 0) is 9.53 Å². The Hall–Kier alpha value is -3.96. The van der Waals surface area contributed by atoms with Crippen LogP contribution in [0.25, 0.3) is 0 Å². The summed E-state index contributed by atoms with van der Waals surface area (Å²) in [5.41, 5.74) is 0.612. The molecule has 0 fully saturated rings. The van der Waals surface area contributed by atoms with Crippen molar-refractivity contribution in [2.75, 3.05) is 25.7 Å². The van der Waals surface area contributed by atoms with E-state index in [4.69, 9.17) is 14.2 Å². The van der Waals surface area contributed by atoms with Crippen LogP contribution in [0.1, 0.15) is 36.6 Å². The SMILES string of the molecule is C=CCOC(=O)c1sc(N2C(=O)C(O)=C(C(=O)c3cccs3)C2c2cccc(OC)c2OC)nc1C. The number of aliphatic hydroxyl groups is 1. The maximum atomic E-state index is 13.5. The lowest BCUT2D eigenvalue weighted by Gasteiger charge is -2.26. The third-order valence-electron chi connectivity index (χ3n) is 5.43. The number of thiazole rings is 1. The minimum absolute atomic E-state index is 0.0135. The second-order valence-electron chi connectivity index (χ2n) is 7.53. The van der Waals surface area contributed by atoms with Gasteiger partial charge in [-0.2, -0.15) is 0 Å². The summed E-state index contributed by atoms with van der Waals surface area (Å²) in [4.78, 5) is 45.6. The molecule has 1 N–H and O–H groups in total. The summed E-state index contributed by atoms with van der Waals surface area (Å²) in [6.45, 7) is 5.15. The van der Waals surface area contributed by atoms with Crippen LogP contribution in [0.3, 0.4) is 0 Å². The number of para-hydroxylation sites is 1. The quantitative estimate of drug-likeness (QED) is 0.243. The average Bonchev–Trinajstić information content (AvgIpc) is 3.61. The van der Waals surface area contributed by atoms with E-state index in [-0.39, 0.29) is 27.9 Å². The molecule has 4 rings (SSSR count). The summed E-state index contributed by atoms with van der Waals surface area (Å²) < 4.78 is 16.1. The van der Waals surface area contributed by atoms with Crippen molar-refractivity contribution in [2.24, 2.45) is 0 Å². The number of hydrogen-bond donors (Lipinski definition) is 1. The van der Waals surface area contributed by atoms with Gasteiger partial charge < -0.3 is 19.3 Å². The first-order valence-electron chi connectivity index (χ1n) is 10.6. The first kappa shape index (κ1) is 25.1. The molecule has 0 radical (unpaired) electrons. The molecule has 0 spiro atoms. The van der Waals surface area contributed by atoms with E-state index in [0.717, 1.165) is 11.3 Å². The van der Waals surface area contributed by atoms with Crippen molar-refractivity contribution in [2.45, 2.75) is 13.0 Å². The van der Waals surface area contributed by atoms with Gasteiger partial charge in [0.05, 0.1) is 30.4 Å². The van der Waals surface area contributed by atoms with Gasteiger partial charge in [0.25, 0.3) is 5.91 Å². The number of esters is 1. The van der Waals surface area contributed by atoms with Gasteiger partial charge in [-0.25, -0.2) is 9.78 Å². The third-order valence-corrected chi connectivity index (χ3v) is 7.44. The van der Waals surface area contributed by atoms with Crippen LogP contribution in [0, 0.1) is 6.92 Å². The lowest BCUT2D eigenvalue weighted by atomic mass is 9.94. The van der Waals surface area contributed by atoms with Crippen molar-refractivity contribution in [3.63, 3.8) is 0 Å². The predicted molar refractivity (Wildman–Crippen MR) is 135 cm³/mol. The first-order valence-corrected chi connectivity index (χ1v) is 12.3. The lowest BCUT2D eigenvalue weighted by Crippen LogP contribution is -2.31. The maximum absolute atomic E-state index is 13.5. The van der Waals surface area contributed by atoms with Gasteiger partial charge >= 0.3 is 5.97 Å². The number of rotatable bonds is 9. The Morgan fingerprint density at radius 2 is 2.00 bits per heavy atom. The molecule has 1 amide bonds. The van der Waals surface area contributed by atoms with Crippen LogP contribution in [0.4, 0.5) is 5.13 Å². The van der Waals surface area contributed by atoms with Crippen molar-refractivity contribution in [1.29, 1.82) is 0 Å². The van der Waals surface area contributed by atoms with Crippen LogP contribution in [-0.4, -0.2) is 48.6 Å². The number of Topliss-reactive ketones (excluding diaryl/α,β-unsaturated/α-hetero) is 1. The van der Waals surface area contributed by atoms with Gasteiger partial charge in [0.15, 0.2) is 22.4 Å². The number of hydrogen-bond acceptors (Lipinski definition) is 10. The molecular formula is C25H22N2O7S2. The predicted octanol–water partition coefficient (Wildman–Crippen LogP) is 4.66. The van der Waals surface area contributed by atoms with E-state index in [1.165, 1.54) is 36.5 Å². The number of carbonyl (C=O) groups excluding carboxylic acids is 3. The molecule has 1 atom stereocenters. The van der Waals surface area contributed by atoms with Crippen LogP contribution >= 0.6 is 22.7 Å². The normalized spacial score (nSPS) is 15.2. The van der Waals surface area contributed by atoms with Crippen LogP contribution < -0.4 is 14.4 Å². The van der Waals surface area contributed by atoms with Gasteiger partial charge in [0.2, 0.25) is 5.78 Å². The van der Waals surface area contributed by atoms with Crippen molar-refractivity contribution in [3.05, 3.63) is 80.7 Å². The van der Waals surface area contributed by atoms with Gasteiger partial charge in [-0.05, 0) is 24.4 Å². The number of aliphatic hydroxyl groups excluding tert-OH is 1. The number of methoxy groups -OCH3 is 2. The molecule has 3 heterocycles. The number of amides is 1. The Morgan fingerprint density at radius 1 is 1.22 bits per heavy atom. The lowest BCUT2D eigenvalue weighted by molar-refractivity contribution is -0.117. The van der Waals surface area contributed by atoms with Crippen molar-refractivity contribution < 1.29 is 33.7 Å². The molecule has 0 aliphatic carbocycles. The second kappa shape index (κ2) is 10.3. The fourth-order valence-corrected chi connectivity index (χ4v) is 5.54. The van der Waals surface area contributed by atoms with Crippen molar-refractivity contribution in [3.8, 4) is 11.5 Å². The second-order valence-corrected chi connectivity index (χ2v) is 9.45. The van der Waals surface area contributed by atoms with Gasteiger partial charge in [0, 0.05) is 5.56 Å². The third kappa shape index (κ3) is 4.27. The summed E-state index contributed by atoms with van der Waals surface area (Å²) in [7, 11) is 2.91. The smallest absolute Gasteiger partial charge is 0.350 e. The standard InChI is InChI=1S/C25H22N2O7S2/c1-5-11-34-24(31)22-13(2)26-25(36-22)27-18(14-8-6-9-15(32-3)21(14)33-4)17(20(29)23(27)30)19(28)16-10-7-12-35-16/h5-10,12,18,29H,1,11H2,2-4H3. The molecular weight excluding hydrogens is 504 g/mol. The number of thiophene rings is 1. The van der Waals surface area contributed by atoms with Crippen molar-refractivity contribution >= 4 is 45.5 Å². The summed E-state index contributed by atoms with van der Waals surface area (Å²) in [6.07, 6.45) is 1.44. The topological polar surface area (TPSA) is 115 Å². The Bertz CT molecular complexity index is 1370. The summed E-state index contributed by atoms with van der Waals surface area (Å²) >= 11 is 2.11. The molecule has 1 aromatic carbocycles. The van der Waals surface area contributed by atoms with E-state index >= 15 is 0 Å². The van der Waals surface area contributed by atoms with Gasteiger partial charge in [-0.1, -0.05) is 42.2 Å². The van der Waals surface area contributed by atoms with Crippen molar-refractivity contribution in [1.82, 2.24) is 4.98 Å². The molecule has 1 aliphatic rings. The molecule has 1 aliphatic heterocycles. The molecule has 0 saturated heterocycles. The summed E-state index contributed by atoms with van der Waals surface area (Å²) in [6, 6.07) is 7.26. The van der Waals surface area contributed by atoms with Crippen LogP contribution in [0.2, 0.25) is 0 Å². The maximum Gasteiger partial charge on any atom is 0.350 e.